The van der Waals surface area contributed by atoms with Gasteiger partial charge in [-0.3, -0.25) is 4.79 Å². The molecule has 0 aliphatic rings. The number of hydrogen-bond acceptors (Lipinski definition) is 2. The number of amides is 1. The Balaban J connectivity index is 1.80. The Hall–Kier alpha value is -1.52. The van der Waals surface area contributed by atoms with Crippen molar-refractivity contribution in [3.63, 3.8) is 0 Å². The number of anilines is 2. The predicted molar refractivity (Wildman–Crippen MR) is 87.3 cm³/mol. The van der Waals surface area contributed by atoms with Crippen molar-refractivity contribution in [3.8, 4) is 0 Å². The normalized spacial score (nSPS) is 10.1. The summed E-state index contributed by atoms with van der Waals surface area (Å²) in [5.41, 5.74) is 1.69. The average Bonchev–Trinajstić information content (AvgIpc) is 2.41. The lowest BCUT2D eigenvalue weighted by atomic mass is 10.3. The van der Waals surface area contributed by atoms with Crippen LogP contribution < -0.4 is 10.6 Å². The minimum atomic E-state index is -0.0357. The van der Waals surface area contributed by atoms with Crippen molar-refractivity contribution in [3.05, 3.63) is 58.0 Å². The van der Waals surface area contributed by atoms with E-state index in [4.69, 9.17) is 11.6 Å². The van der Waals surface area contributed by atoms with Crippen molar-refractivity contribution in [2.75, 3.05) is 17.2 Å². The third-order valence-electron chi connectivity index (χ3n) is 2.65. The van der Waals surface area contributed by atoms with Crippen LogP contribution in [0.5, 0.6) is 0 Å². The molecule has 2 aromatic carbocycles. The first kappa shape index (κ1) is 14.9. The maximum atomic E-state index is 11.8. The molecule has 2 aromatic rings. The van der Waals surface area contributed by atoms with Crippen molar-refractivity contribution in [1.29, 1.82) is 0 Å². The molecule has 5 heteroatoms. The maximum absolute atomic E-state index is 11.8. The molecule has 0 bridgehead atoms. The third kappa shape index (κ3) is 4.54. The third-order valence-corrected chi connectivity index (χ3v) is 3.58. The summed E-state index contributed by atoms with van der Waals surface area (Å²) in [5.74, 6) is -0.0357. The summed E-state index contributed by atoms with van der Waals surface area (Å²) in [6.07, 6.45) is 0.383. The molecule has 0 saturated carbocycles. The van der Waals surface area contributed by atoms with Crippen LogP contribution in [0.15, 0.2) is 53.0 Å². The monoisotopic (exact) mass is 352 g/mol. The lowest BCUT2D eigenvalue weighted by Gasteiger charge is -2.09. The molecule has 0 atom stereocenters. The Morgan fingerprint density at radius 1 is 1.15 bits per heavy atom. The molecule has 0 radical (unpaired) electrons. The largest absolute Gasteiger partial charge is 0.384 e. The van der Waals surface area contributed by atoms with Crippen LogP contribution in [-0.4, -0.2) is 12.5 Å². The molecule has 2 N–H and O–H groups in total. The Kier molecular flexibility index (Phi) is 5.44. The molecule has 0 spiro atoms. The number of rotatable bonds is 5. The van der Waals surface area contributed by atoms with Gasteiger partial charge in [0, 0.05) is 28.1 Å². The van der Waals surface area contributed by atoms with Crippen molar-refractivity contribution in [2.45, 2.75) is 6.42 Å². The van der Waals surface area contributed by atoms with E-state index < -0.39 is 0 Å². The van der Waals surface area contributed by atoms with Gasteiger partial charge in [-0.2, -0.15) is 0 Å². The smallest absolute Gasteiger partial charge is 0.226 e. The Labute approximate surface area is 131 Å². The van der Waals surface area contributed by atoms with Gasteiger partial charge in [0.15, 0.2) is 0 Å². The summed E-state index contributed by atoms with van der Waals surface area (Å²) in [6.45, 7) is 0.552. The second-order valence-electron chi connectivity index (χ2n) is 4.22. The zero-order valence-electron chi connectivity index (χ0n) is 10.7. The van der Waals surface area contributed by atoms with Crippen LogP contribution >= 0.6 is 27.5 Å². The van der Waals surface area contributed by atoms with Crippen LogP contribution in [-0.2, 0) is 4.79 Å². The van der Waals surface area contributed by atoms with Crippen LogP contribution in [0.3, 0.4) is 0 Å². The topological polar surface area (TPSA) is 41.1 Å². The lowest BCUT2D eigenvalue weighted by molar-refractivity contribution is -0.115. The molecular weight excluding hydrogens is 340 g/mol. The first-order chi connectivity index (χ1) is 9.65. The van der Waals surface area contributed by atoms with Gasteiger partial charge in [0.05, 0.1) is 5.69 Å². The number of para-hydroxylation sites is 1. The minimum Gasteiger partial charge on any atom is -0.384 e. The number of carbonyl (C=O) groups is 1. The van der Waals surface area contributed by atoms with E-state index in [1.165, 1.54) is 0 Å². The lowest BCUT2D eigenvalue weighted by Crippen LogP contribution is -2.16. The second-order valence-corrected chi connectivity index (χ2v) is 5.51. The fraction of sp³-hybridized carbons (Fsp3) is 0.133. The van der Waals surface area contributed by atoms with Gasteiger partial charge in [-0.1, -0.05) is 29.8 Å². The van der Waals surface area contributed by atoms with Gasteiger partial charge in [0.1, 0.15) is 0 Å². The summed E-state index contributed by atoms with van der Waals surface area (Å²) in [7, 11) is 0. The van der Waals surface area contributed by atoms with Gasteiger partial charge in [0.2, 0.25) is 5.91 Å². The summed E-state index contributed by atoms with van der Waals surface area (Å²) < 4.78 is 0.871. The molecule has 2 rings (SSSR count). The highest BCUT2D eigenvalue weighted by Crippen LogP contribution is 2.21. The van der Waals surface area contributed by atoms with Gasteiger partial charge in [-0.25, -0.2) is 0 Å². The first-order valence-corrected chi connectivity index (χ1v) is 7.36. The van der Waals surface area contributed by atoms with E-state index in [0.717, 1.165) is 15.8 Å². The standard InChI is InChI=1S/C15H14BrClN2O/c16-13-6-1-2-7-14(13)19-15(20)8-9-18-12-5-3-4-11(17)10-12/h1-7,10,18H,8-9H2,(H,19,20). The highest BCUT2D eigenvalue weighted by atomic mass is 79.9. The maximum Gasteiger partial charge on any atom is 0.226 e. The SMILES string of the molecule is O=C(CCNc1cccc(Cl)c1)Nc1ccccc1Br. The molecule has 3 nitrogen and oxygen atoms in total. The van der Waals surface area contributed by atoms with E-state index in [-0.39, 0.29) is 5.91 Å². The molecule has 0 saturated heterocycles. The first-order valence-electron chi connectivity index (χ1n) is 6.19. The zero-order valence-corrected chi connectivity index (χ0v) is 13.0. The van der Waals surface area contributed by atoms with Gasteiger partial charge >= 0.3 is 0 Å². The fourth-order valence-electron chi connectivity index (χ4n) is 1.69. The highest BCUT2D eigenvalue weighted by molar-refractivity contribution is 9.10. The van der Waals surface area contributed by atoms with Gasteiger partial charge in [0.25, 0.3) is 0 Å². The van der Waals surface area contributed by atoms with Crippen LogP contribution in [0.1, 0.15) is 6.42 Å². The van der Waals surface area contributed by atoms with Gasteiger partial charge in [-0.15, -0.1) is 0 Å². The summed E-state index contributed by atoms with van der Waals surface area (Å²) >= 11 is 9.28. The Morgan fingerprint density at radius 3 is 2.70 bits per heavy atom. The van der Waals surface area contributed by atoms with Crippen molar-refractivity contribution in [1.82, 2.24) is 0 Å². The van der Waals surface area contributed by atoms with Crippen LogP contribution in [0.2, 0.25) is 5.02 Å². The van der Waals surface area contributed by atoms with Crippen LogP contribution in [0.4, 0.5) is 11.4 Å². The minimum absolute atomic E-state index is 0.0357. The zero-order chi connectivity index (χ0) is 14.4. The van der Waals surface area contributed by atoms with Gasteiger partial charge < -0.3 is 10.6 Å². The number of carbonyl (C=O) groups excluding carboxylic acids is 1. The molecule has 0 aliphatic heterocycles. The highest BCUT2D eigenvalue weighted by Gasteiger charge is 2.04. The molecule has 0 fully saturated rings. The van der Waals surface area contributed by atoms with Crippen molar-refractivity contribution < 1.29 is 4.79 Å². The van der Waals surface area contributed by atoms with Gasteiger partial charge in [-0.05, 0) is 46.3 Å². The molecule has 104 valence electrons. The van der Waals surface area contributed by atoms with E-state index in [1.807, 2.05) is 48.5 Å². The Morgan fingerprint density at radius 2 is 1.95 bits per heavy atom. The molecular formula is C15H14BrClN2O. The molecule has 0 heterocycles. The van der Waals surface area contributed by atoms with Crippen LogP contribution in [0.25, 0.3) is 0 Å². The quantitative estimate of drug-likeness (QED) is 0.828. The number of benzene rings is 2. The average molecular weight is 354 g/mol. The summed E-state index contributed by atoms with van der Waals surface area (Å²) in [5, 5.41) is 6.69. The molecule has 0 aliphatic carbocycles. The summed E-state index contributed by atoms with van der Waals surface area (Å²) in [4.78, 5) is 11.8. The van der Waals surface area contributed by atoms with Crippen molar-refractivity contribution in [2.24, 2.45) is 0 Å². The molecule has 0 aromatic heterocycles. The predicted octanol–water partition coefficient (Wildman–Crippen LogP) is 4.54. The Bertz CT molecular complexity index is 604. The van der Waals surface area contributed by atoms with E-state index in [2.05, 4.69) is 26.6 Å². The molecule has 20 heavy (non-hydrogen) atoms. The van der Waals surface area contributed by atoms with E-state index >= 15 is 0 Å². The number of halogens is 2. The number of hydrogen-bond donors (Lipinski definition) is 2. The van der Waals surface area contributed by atoms with E-state index in [0.29, 0.717) is 18.0 Å². The second kappa shape index (κ2) is 7.31. The number of nitrogens with one attached hydrogen (secondary N) is 2. The summed E-state index contributed by atoms with van der Waals surface area (Å²) in [6, 6.07) is 14.9. The van der Waals surface area contributed by atoms with Crippen molar-refractivity contribution >= 4 is 44.8 Å². The molecule has 0 unspecified atom stereocenters. The van der Waals surface area contributed by atoms with E-state index in [1.54, 1.807) is 0 Å². The molecule has 1 amide bonds. The fourth-order valence-corrected chi connectivity index (χ4v) is 2.27. The van der Waals surface area contributed by atoms with E-state index in [9.17, 15) is 4.79 Å². The van der Waals surface area contributed by atoms with Crippen LogP contribution in [0, 0.1) is 0 Å².